The van der Waals surface area contributed by atoms with Gasteiger partial charge < -0.3 is 4.90 Å². The minimum atomic E-state index is -3.76. The highest BCUT2D eigenvalue weighted by molar-refractivity contribution is 7.86. The van der Waals surface area contributed by atoms with Gasteiger partial charge in [-0.1, -0.05) is 30.3 Å². The molecule has 146 valence electrons. The van der Waals surface area contributed by atoms with Gasteiger partial charge in [0, 0.05) is 26.2 Å². The zero-order valence-corrected chi connectivity index (χ0v) is 16.2. The Balaban J connectivity index is 2.05. The van der Waals surface area contributed by atoms with E-state index in [1.165, 1.54) is 15.3 Å². The summed E-state index contributed by atoms with van der Waals surface area (Å²) in [7, 11) is -0.0914. The number of hydrogen-bond acceptors (Lipinski definition) is 5. The van der Waals surface area contributed by atoms with E-state index < -0.39 is 22.7 Å². The van der Waals surface area contributed by atoms with Crippen LogP contribution in [0.15, 0.2) is 30.3 Å². The molecule has 0 atom stereocenters. The number of carbonyl (C=O) groups is 1. The second-order valence-corrected chi connectivity index (χ2v) is 8.69. The Kier molecular flexibility index (Phi) is 7.54. The first-order valence-electron chi connectivity index (χ1n) is 8.72. The number of amides is 1. The summed E-state index contributed by atoms with van der Waals surface area (Å²) in [6.07, 6.45) is 1.49. The van der Waals surface area contributed by atoms with Crippen molar-refractivity contribution in [2.75, 3.05) is 46.8 Å². The first kappa shape index (κ1) is 20.8. The molecule has 9 heteroatoms. The molecule has 1 fully saturated rings. The molecule has 0 radical (unpaired) electrons. The molecule has 1 aliphatic heterocycles. The molecule has 0 bridgehead atoms. The number of likely N-dealkylation sites (N-methyl/N-ethyl adjacent to an activating group) is 1. The van der Waals surface area contributed by atoms with E-state index in [0.29, 0.717) is 25.6 Å². The fourth-order valence-electron chi connectivity index (χ4n) is 3.09. The molecule has 2 rings (SSSR count). The summed E-state index contributed by atoms with van der Waals surface area (Å²) in [5.41, 5.74) is 2.74. The third-order valence-corrected chi connectivity index (χ3v) is 6.60. The molecule has 0 saturated carbocycles. The van der Waals surface area contributed by atoms with E-state index in [1.807, 2.05) is 37.2 Å². The van der Waals surface area contributed by atoms with Crippen molar-refractivity contribution in [1.29, 1.82) is 0 Å². The van der Waals surface area contributed by atoms with Crippen LogP contribution >= 0.6 is 0 Å². The number of benzene rings is 1. The molecule has 8 nitrogen and oxygen atoms in total. The van der Waals surface area contributed by atoms with Crippen molar-refractivity contribution in [2.24, 2.45) is 0 Å². The van der Waals surface area contributed by atoms with Gasteiger partial charge in [-0.15, -0.1) is 0 Å². The Bertz CT molecular complexity index is 673. The van der Waals surface area contributed by atoms with E-state index in [9.17, 15) is 13.2 Å². The molecule has 1 aromatic carbocycles. The number of nitrogens with zero attached hydrogens (tertiary/aromatic N) is 3. The lowest BCUT2D eigenvalue weighted by atomic mass is 9.90. The third-order valence-electron chi connectivity index (χ3n) is 4.62. The summed E-state index contributed by atoms with van der Waals surface area (Å²) >= 11 is 0. The first-order valence-corrected chi connectivity index (χ1v) is 10.1. The van der Waals surface area contributed by atoms with Gasteiger partial charge in [-0.2, -0.15) is 17.0 Å². The molecule has 26 heavy (non-hydrogen) atoms. The quantitative estimate of drug-likeness (QED) is 0.502. The monoisotopic (exact) mass is 384 g/mol. The minimum Gasteiger partial charge on any atom is -0.308 e. The van der Waals surface area contributed by atoms with Crippen LogP contribution in [-0.2, 0) is 15.0 Å². The van der Waals surface area contributed by atoms with Crippen molar-refractivity contribution in [3.63, 3.8) is 0 Å². The fraction of sp³-hybridized carbons (Fsp3) is 0.588. The highest BCUT2D eigenvalue weighted by Gasteiger charge is 2.34. The molecule has 0 aromatic heterocycles. The number of piperidine rings is 1. The van der Waals surface area contributed by atoms with Crippen LogP contribution in [0.1, 0.15) is 24.3 Å². The molecular weight excluding hydrogens is 356 g/mol. The molecule has 1 aromatic rings. The van der Waals surface area contributed by atoms with E-state index in [1.54, 1.807) is 0 Å². The average molecular weight is 385 g/mol. The van der Waals surface area contributed by atoms with Gasteiger partial charge in [0.25, 0.3) is 16.1 Å². The van der Waals surface area contributed by atoms with Gasteiger partial charge in [-0.25, -0.2) is 5.48 Å². The lowest BCUT2D eigenvalue weighted by Crippen LogP contribution is -2.51. The topological polar surface area (TPSA) is 93.2 Å². The molecular formula is C17H28N4O4S. The van der Waals surface area contributed by atoms with Crippen LogP contribution in [-0.4, -0.2) is 79.9 Å². The summed E-state index contributed by atoms with van der Waals surface area (Å²) in [6, 6.07) is 10.1. The zero-order valence-electron chi connectivity index (χ0n) is 15.3. The minimum absolute atomic E-state index is 0.182. The van der Waals surface area contributed by atoms with Gasteiger partial charge in [0.2, 0.25) is 0 Å². The predicted octanol–water partition coefficient (Wildman–Crippen LogP) is 0.480. The average Bonchev–Trinajstić information content (AvgIpc) is 2.65. The molecule has 1 saturated heterocycles. The van der Waals surface area contributed by atoms with Crippen molar-refractivity contribution >= 4 is 16.1 Å². The maximum Gasteiger partial charge on any atom is 0.282 e. The Hall–Kier alpha value is -1.52. The van der Waals surface area contributed by atoms with E-state index in [4.69, 9.17) is 5.21 Å². The molecule has 0 aliphatic carbocycles. The maximum absolute atomic E-state index is 13.0. The lowest BCUT2D eigenvalue weighted by molar-refractivity contribution is -0.129. The van der Waals surface area contributed by atoms with Crippen LogP contribution in [0, 0.1) is 0 Å². The van der Waals surface area contributed by atoms with Crippen LogP contribution in [0.3, 0.4) is 0 Å². The molecule has 0 unspecified atom stereocenters. The first-order chi connectivity index (χ1) is 12.3. The fourth-order valence-corrected chi connectivity index (χ4v) is 4.68. The van der Waals surface area contributed by atoms with E-state index >= 15 is 0 Å². The van der Waals surface area contributed by atoms with Gasteiger partial charge in [-0.05, 0) is 38.4 Å². The van der Waals surface area contributed by atoms with Gasteiger partial charge in [0.1, 0.15) is 0 Å². The second-order valence-electron chi connectivity index (χ2n) is 6.76. The standard InChI is InChI=1S/C17H28N4O4S/c1-19(2)12-13-21(14-17(22)18-23)26(24,25)20-10-8-16(9-11-20)15-6-4-3-5-7-15/h3-7,16,23H,8-14H2,1-2H3,(H,18,22). The second kappa shape index (κ2) is 9.43. The number of rotatable bonds is 8. The highest BCUT2D eigenvalue weighted by atomic mass is 32.2. The lowest BCUT2D eigenvalue weighted by Gasteiger charge is -2.35. The van der Waals surface area contributed by atoms with Gasteiger partial charge >= 0.3 is 0 Å². The molecule has 1 aliphatic rings. The Labute approximate surface area is 155 Å². The summed E-state index contributed by atoms with van der Waals surface area (Å²) in [5.74, 6) is -0.398. The predicted molar refractivity (Wildman–Crippen MR) is 99.0 cm³/mol. The van der Waals surface area contributed by atoms with Crippen molar-refractivity contribution in [2.45, 2.75) is 18.8 Å². The number of nitrogens with one attached hydrogen (secondary N) is 1. The molecule has 1 heterocycles. The third kappa shape index (κ3) is 5.49. The van der Waals surface area contributed by atoms with Crippen LogP contribution in [0.2, 0.25) is 0 Å². The van der Waals surface area contributed by atoms with Crippen LogP contribution in [0.5, 0.6) is 0 Å². The SMILES string of the molecule is CN(C)CCN(CC(=O)NO)S(=O)(=O)N1CCC(c2ccccc2)CC1. The van der Waals surface area contributed by atoms with Crippen LogP contribution in [0.4, 0.5) is 0 Å². The number of hydroxylamine groups is 1. The summed E-state index contributed by atoms with van der Waals surface area (Å²) in [5, 5.41) is 8.75. The molecule has 2 N–H and O–H groups in total. The normalized spacial score (nSPS) is 17.0. The van der Waals surface area contributed by atoms with Gasteiger partial charge in [0.15, 0.2) is 0 Å². The maximum atomic E-state index is 13.0. The van der Waals surface area contributed by atoms with Gasteiger partial charge in [0.05, 0.1) is 6.54 Å². The number of carbonyl (C=O) groups excluding carboxylic acids is 1. The van der Waals surface area contributed by atoms with Crippen molar-refractivity contribution in [3.8, 4) is 0 Å². The van der Waals surface area contributed by atoms with Crippen LogP contribution < -0.4 is 5.48 Å². The largest absolute Gasteiger partial charge is 0.308 e. The Morgan fingerprint density at radius 3 is 2.35 bits per heavy atom. The van der Waals surface area contributed by atoms with Crippen molar-refractivity contribution in [3.05, 3.63) is 35.9 Å². The zero-order chi connectivity index (χ0) is 19.2. The summed E-state index contributed by atoms with van der Waals surface area (Å²) in [4.78, 5) is 13.4. The Morgan fingerprint density at radius 2 is 1.81 bits per heavy atom. The van der Waals surface area contributed by atoms with E-state index in [2.05, 4.69) is 12.1 Å². The van der Waals surface area contributed by atoms with Crippen LogP contribution in [0.25, 0.3) is 0 Å². The van der Waals surface area contributed by atoms with E-state index in [-0.39, 0.29) is 6.54 Å². The van der Waals surface area contributed by atoms with E-state index in [0.717, 1.165) is 17.1 Å². The number of hydrogen-bond donors (Lipinski definition) is 2. The van der Waals surface area contributed by atoms with Crippen molar-refractivity contribution in [1.82, 2.24) is 19.0 Å². The molecule has 1 amide bonds. The summed E-state index contributed by atoms with van der Waals surface area (Å²) in [6.45, 7) is 1.10. The smallest absolute Gasteiger partial charge is 0.282 e. The molecule has 0 spiro atoms. The Morgan fingerprint density at radius 1 is 1.19 bits per heavy atom. The highest BCUT2D eigenvalue weighted by Crippen LogP contribution is 2.29. The van der Waals surface area contributed by atoms with Crippen molar-refractivity contribution < 1.29 is 18.4 Å². The van der Waals surface area contributed by atoms with Gasteiger partial charge in [-0.3, -0.25) is 10.0 Å². The summed E-state index contributed by atoms with van der Waals surface area (Å²) < 4.78 is 28.5.